The Kier molecular flexibility index (Phi) is 5.73. The second-order valence-corrected chi connectivity index (χ2v) is 8.08. The van der Waals surface area contributed by atoms with Crippen molar-refractivity contribution in [3.05, 3.63) is 65.3 Å². The topological polar surface area (TPSA) is 48.5 Å². The first-order valence-electron chi connectivity index (χ1n) is 9.26. The molecule has 0 bridgehead atoms. The third kappa shape index (κ3) is 3.95. The van der Waals surface area contributed by atoms with E-state index in [4.69, 9.17) is 0 Å². The minimum Gasteiger partial charge on any atom is -0.356 e. The zero-order valence-electron chi connectivity index (χ0n) is 15.3. The van der Waals surface area contributed by atoms with E-state index in [0.717, 1.165) is 41.9 Å². The number of benzene rings is 2. The van der Waals surface area contributed by atoms with Crippen LogP contribution in [0.15, 0.2) is 65.3 Å². The van der Waals surface area contributed by atoms with Gasteiger partial charge >= 0.3 is 6.03 Å². The second-order valence-electron chi connectivity index (χ2n) is 6.83. The van der Waals surface area contributed by atoms with Crippen LogP contribution in [-0.2, 0) is 0 Å². The second kappa shape index (κ2) is 8.41. The first kappa shape index (κ1) is 19.1. The molecular formula is C21H21BrN4OS. The summed E-state index contributed by atoms with van der Waals surface area (Å²) in [4.78, 5) is 19.5. The van der Waals surface area contributed by atoms with Crippen LogP contribution in [0.4, 0.5) is 16.3 Å². The summed E-state index contributed by atoms with van der Waals surface area (Å²) >= 11 is 7.83. The Bertz CT molecular complexity index is 986. The number of rotatable bonds is 3. The Morgan fingerprint density at radius 1 is 1.11 bits per heavy atom. The number of nitrogens with one attached hydrogen (secondary N) is 1. The molecule has 1 saturated heterocycles. The Labute approximate surface area is 178 Å². The van der Waals surface area contributed by atoms with Gasteiger partial charge in [0.1, 0.15) is 5.82 Å². The third-order valence-electron chi connectivity index (χ3n) is 5.05. The van der Waals surface area contributed by atoms with E-state index in [0.29, 0.717) is 0 Å². The predicted molar refractivity (Wildman–Crippen MR) is 121 cm³/mol. The number of piperidine rings is 1. The van der Waals surface area contributed by atoms with Crippen molar-refractivity contribution in [2.45, 2.75) is 18.9 Å². The van der Waals surface area contributed by atoms with Gasteiger partial charge in [0.2, 0.25) is 0 Å². The lowest BCUT2D eigenvalue weighted by molar-refractivity contribution is 0.243. The SMILES string of the molecule is O=C(NC1CCN(c2nccc3ccccc23)CC1)N(S)c1ccccc1Br. The number of pyridine rings is 1. The Morgan fingerprint density at radius 2 is 1.82 bits per heavy atom. The molecule has 0 atom stereocenters. The van der Waals surface area contributed by atoms with E-state index >= 15 is 0 Å². The van der Waals surface area contributed by atoms with E-state index < -0.39 is 0 Å². The number of para-hydroxylation sites is 1. The molecule has 4 rings (SSSR count). The molecule has 2 amide bonds. The lowest BCUT2D eigenvalue weighted by atomic mass is 10.0. The minimum atomic E-state index is -0.211. The molecule has 144 valence electrons. The Balaban J connectivity index is 1.39. The highest BCUT2D eigenvalue weighted by atomic mass is 79.9. The van der Waals surface area contributed by atoms with Crippen LogP contribution in [-0.4, -0.2) is 30.1 Å². The molecule has 0 spiro atoms. The number of anilines is 2. The van der Waals surface area contributed by atoms with Crippen molar-refractivity contribution in [2.24, 2.45) is 0 Å². The molecule has 1 aliphatic rings. The quantitative estimate of drug-likeness (QED) is 0.543. The summed E-state index contributed by atoms with van der Waals surface area (Å²) in [5.41, 5.74) is 0.723. The van der Waals surface area contributed by atoms with Gasteiger partial charge in [-0.2, -0.15) is 0 Å². The lowest BCUT2D eigenvalue weighted by Crippen LogP contribution is -2.47. The van der Waals surface area contributed by atoms with Gasteiger partial charge in [0, 0.05) is 35.2 Å². The fourth-order valence-corrected chi connectivity index (χ4v) is 4.39. The molecule has 1 N–H and O–H groups in total. The zero-order chi connectivity index (χ0) is 19.5. The first-order chi connectivity index (χ1) is 13.6. The molecule has 7 heteroatoms. The van der Waals surface area contributed by atoms with Gasteiger partial charge in [0.05, 0.1) is 5.69 Å². The number of halogens is 1. The molecular weight excluding hydrogens is 436 g/mol. The van der Waals surface area contributed by atoms with E-state index in [1.807, 2.05) is 48.7 Å². The van der Waals surface area contributed by atoms with Crippen LogP contribution in [0, 0.1) is 0 Å². The predicted octanol–water partition coefficient (Wildman–Crippen LogP) is 5.03. The number of urea groups is 1. The van der Waals surface area contributed by atoms with Crippen molar-refractivity contribution >= 4 is 57.1 Å². The van der Waals surface area contributed by atoms with E-state index in [1.54, 1.807) is 0 Å². The maximum absolute atomic E-state index is 12.6. The molecule has 1 aliphatic heterocycles. The summed E-state index contributed by atoms with van der Waals surface area (Å²) in [5, 5.41) is 5.46. The van der Waals surface area contributed by atoms with Crippen molar-refractivity contribution in [3.63, 3.8) is 0 Å². The summed E-state index contributed by atoms with van der Waals surface area (Å²) in [6, 6.07) is 17.8. The van der Waals surface area contributed by atoms with E-state index in [2.05, 4.69) is 56.1 Å². The molecule has 0 saturated carbocycles. The van der Waals surface area contributed by atoms with Gasteiger partial charge in [-0.15, -0.1) is 0 Å². The lowest BCUT2D eigenvalue weighted by Gasteiger charge is -2.34. The first-order valence-corrected chi connectivity index (χ1v) is 10.5. The average molecular weight is 457 g/mol. The van der Waals surface area contributed by atoms with Gasteiger partial charge in [-0.1, -0.05) is 49.2 Å². The van der Waals surface area contributed by atoms with Crippen LogP contribution in [0.25, 0.3) is 10.8 Å². The molecule has 1 fully saturated rings. The number of nitrogens with zero attached hydrogens (tertiary/aromatic N) is 3. The number of hydrogen-bond donors (Lipinski definition) is 2. The standard InChI is InChI=1S/C21H21BrN4OS/c22-18-7-3-4-8-19(18)26(28)21(27)24-16-10-13-25(14-11-16)20-17-6-2-1-5-15(17)9-12-23-20/h1-9,12,16,28H,10-11,13-14H2,(H,24,27). The number of hydrogen-bond acceptors (Lipinski definition) is 4. The summed E-state index contributed by atoms with van der Waals surface area (Å²) in [6.07, 6.45) is 3.60. The van der Waals surface area contributed by atoms with Crippen molar-refractivity contribution in [1.29, 1.82) is 0 Å². The smallest absolute Gasteiger partial charge is 0.332 e. The normalized spacial score (nSPS) is 14.9. The van der Waals surface area contributed by atoms with E-state index in [9.17, 15) is 4.79 Å². The maximum atomic E-state index is 12.6. The molecule has 2 aromatic carbocycles. The summed E-state index contributed by atoms with van der Waals surface area (Å²) < 4.78 is 2.18. The zero-order valence-corrected chi connectivity index (χ0v) is 17.7. The number of carbonyl (C=O) groups excluding carboxylic acids is 1. The van der Waals surface area contributed by atoms with Crippen LogP contribution in [0.1, 0.15) is 12.8 Å². The highest BCUT2D eigenvalue weighted by Crippen LogP contribution is 2.28. The largest absolute Gasteiger partial charge is 0.356 e. The van der Waals surface area contributed by atoms with Crippen LogP contribution in [0.5, 0.6) is 0 Å². The number of amides is 2. The number of thiol groups is 1. The van der Waals surface area contributed by atoms with Crippen LogP contribution in [0.2, 0.25) is 0 Å². The molecule has 1 aromatic heterocycles. The van der Waals surface area contributed by atoms with Gasteiger partial charge < -0.3 is 10.2 Å². The molecule has 0 aliphatic carbocycles. The highest BCUT2D eigenvalue weighted by Gasteiger charge is 2.24. The molecule has 0 radical (unpaired) electrons. The fourth-order valence-electron chi connectivity index (χ4n) is 3.56. The highest BCUT2D eigenvalue weighted by molar-refractivity contribution is 9.10. The molecule has 28 heavy (non-hydrogen) atoms. The van der Waals surface area contributed by atoms with Gasteiger partial charge in [0.25, 0.3) is 0 Å². The third-order valence-corrected chi connectivity index (χ3v) is 6.12. The van der Waals surface area contributed by atoms with E-state index in [-0.39, 0.29) is 12.1 Å². The van der Waals surface area contributed by atoms with Crippen molar-refractivity contribution in [3.8, 4) is 0 Å². The number of fused-ring (bicyclic) bond motifs is 1. The Morgan fingerprint density at radius 3 is 2.61 bits per heavy atom. The maximum Gasteiger partial charge on any atom is 0.332 e. The summed E-state index contributed by atoms with van der Waals surface area (Å²) in [5.74, 6) is 1.02. The number of carbonyl (C=O) groups is 1. The molecule has 0 unspecified atom stereocenters. The van der Waals surface area contributed by atoms with Gasteiger partial charge in [-0.3, -0.25) is 0 Å². The molecule has 2 heterocycles. The molecule has 5 nitrogen and oxygen atoms in total. The van der Waals surface area contributed by atoms with E-state index in [1.165, 1.54) is 15.1 Å². The summed E-state index contributed by atoms with van der Waals surface area (Å²) in [7, 11) is 0. The average Bonchev–Trinajstić information content (AvgIpc) is 2.74. The summed E-state index contributed by atoms with van der Waals surface area (Å²) in [6.45, 7) is 1.71. The number of aromatic nitrogens is 1. The van der Waals surface area contributed by atoms with Gasteiger partial charge in [0.15, 0.2) is 0 Å². The van der Waals surface area contributed by atoms with Crippen LogP contribution >= 0.6 is 28.7 Å². The van der Waals surface area contributed by atoms with Gasteiger partial charge in [-0.05, 0) is 52.4 Å². The van der Waals surface area contributed by atoms with Crippen molar-refractivity contribution in [1.82, 2.24) is 10.3 Å². The van der Waals surface area contributed by atoms with Crippen molar-refractivity contribution < 1.29 is 4.79 Å². The molecule has 3 aromatic rings. The minimum absolute atomic E-state index is 0.121. The van der Waals surface area contributed by atoms with Gasteiger partial charge in [-0.25, -0.2) is 14.1 Å². The van der Waals surface area contributed by atoms with Crippen LogP contribution < -0.4 is 14.5 Å². The van der Waals surface area contributed by atoms with Crippen molar-refractivity contribution in [2.75, 3.05) is 22.3 Å². The van der Waals surface area contributed by atoms with Crippen LogP contribution in [0.3, 0.4) is 0 Å². The monoisotopic (exact) mass is 456 g/mol. The fraction of sp³-hybridized carbons (Fsp3) is 0.238. The Hall–Kier alpha value is -2.25.